The monoisotopic (exact) mass is 268 g/mol. The average Bonchev–Trinajstić information content (AvgIpc) is 2.98. The molecule has 0 saturated heterocycles. The van der Waals surface area contributed by atoms with Crippen molar-refractivity contribution < 1.29 is 14.3 Å². The van der Waals surface area contributed by atoms with Crippen molar-refractivity contribution >= 4 is 5.97 Å². The van der Waals surface area contributed by atoms with Crippen LogP contribution in [0.5, 0.6) is 0 Å². The SMILES string of the molecule is CCC(C)(C)C(=O)OC(C)OCC1CC2CCC1C2. The van der Waals surface area contributed by atoms with Crippen LogP contribution >= 0.6 is 0 Å². The largest absolute Gasteiger partial charge is 0.436 e. The molecule has 2 aliphatic carbocycles. The van der Waals surface area contributed by atoms with E-state index in [-0.39, 0.29) is 5.97 Å². The van der Waals surface area contributed by atoms with E-state index in [0.717, 1.165) is 24.9 Å². The number of hydrogen-bond acceptors (Lipinski definition) is 3. The second kappa shape index (κ2) is 5.82. The van der Waals surface area contributed by atoms with Crippen molar-refractivity contribution in [1.82, 2.24) is 0 Å². The Bertz CT molecular complexity index is 324. The van der Waals surface area contributed by atoms with Gasteiger partial charge in [-0.2, -0.15) is 0 Å². The maximum Gasteiger partial charge on any atom is 0.313 e. The molecule has 2 fully saturated rings. The molecule has 110 valence electrons. The van der Waals surface area contributed by atoms with Crippen molar-refractivity contribution in [2.45, 2.75) is 66.1 Å². The second-order valence-electron chi connectivity index (χ2n) is 6.98. The molecule has 0 radical (unpaired) electrons. The van der Waals surface area contributed by atoms with Gasteiger partial charge in [-0.05, 0) is 64.2 Å². The quantitative estimate of drug-likeness (QED) is 0.543. The van der Waals surface area contributed by atoms with E-state index >= 15 is 0 Å². The van der Waals surface area contributed by atoms with Gasteiger partial charge >= 0.3 is 5.97 Å². The molecule has 0 aromatic rings. The van der Waals surface area contributed by atoms with Gasteiger partial charge in [0.15, 0.2) is 6.29 Å². The summed E-state index contributed by atoms with van der Waals surface area (Å²) in [7, 11) is 0. The molecule has 19 heavy (non-hydrogen) atoms. The molecule has 0 aromatic heterocycles. The van der Waals surface area contributed by atoms with Crippen molar-refractivity contribution in [2.75, 3.05) is 6.61 Å². The number of fused-ring (bicyclic) bond motifs is 2. The van der Waals surface area contributed by atoms with Gasteiger partial charge in [0.1, 0.15) is 0 Å². The molecular formula is C16H28O3. The van der Waals surface area contributed by atoms with E-state index in [1.54, 1.807) is 0 Å². The molecule has 3 heteroatoms. The van der Waals surface area contributed by atoms with Crippen LogP contribution in [0.4, 0.5) is 0 Å². The van der Waals surface area contributed by atoms with Crippen molar-refractivity contribution in [1.29, 1.82) is 0 Å². The van der Waals surface area contributed by atoms with Crippen LogP contribution in [-0.2, 0) is 14.3 Å². The lowest BCUT2D eigenvalue weighted by Gasteiger charge is -2.26. The lowest BCUT2D eigenvalue weighted by atomic mass is 9.89. The van der Waals surface area contributed by atoms with Crippen LogP contribution in [0.2, 0.25) is 0 Å². The van der Waals surface area contributed by atoms with Gasteiger partial charge in [-0.25, -0.2) is 0 Å². The number of rotatable bonds is 6. The zero-order valence-electron chi connectivity index (χ0n) is 12.8. The van der Waals surface area contributed by atoms with Gasteiger partial charge in [0.2, 0.25) is 0 Å². The minimum Gasteiger partial charge on any atom is -0.436 e. The first-order valence-corrected chi connectivity index (χ1v) is 7.75. The summed E-state index contributed by atoms with van der Waals surface area (Å²) in [6, 6.07) is 0. The van der Waals surface area contributed by atoms with Crippen LogP contribution < -0.4 is 0 Å². The van der Waals surface area contributed by atoms with Crippen molar-refractivity contribution in [3.63, 3.8) is 0 Å². The third-order valence-electron chi connectivity index (χ3n) is 5.14. The van der Waals surface area contributed by atoms with Crippen LogP contribution in [0.1, 0.15) is 59.8 Å². The lowest BCUT2D eigenvalue weighted by molar-refractivity contribution is -0.187. The fraction of sp³-hybridized carbons (Fsp3) is 0.938. The van der Waals surface area contributed by atoms with E-state index in [4.69, 9.17) is 9.47 Å². The Morgan fingerprint density at radius 1 is 1.32 bits per heavy atom. The Hall–Kier alpha value is -0.570. The number of carbonyl (C=O) groups is 1. The first-order valence-electron chi connectivity index (χ1n) is 7.75. The van der Waals surface area contributed by atoms with Crippen LogP contribution in [0.3, 0.4) is 0 Å². The van der Waals surface area contributed by atoms with E-state index in [2.05, 4.69) is 0 Å². The Morgan fingerprint density at radius 2 is 2.05 bits per heavy atom. The van der Waals surface area contributed by atoms with E-state index < -0.39 is 11.7 Å². The molecule has 0 spiro atoms. The van der Waals surface area contributed by atoms with Gasteiger partial charge in [-0.15, -0.1) is 0 Å². The molecule has 2 bridgehead atoms. The third-order valence-corrected chi connectivity index (χ3v) is 5.14. The number of carbonyl (C=O) groups excluding carboxylic acids is 1. The summed E-state index contributed by atoms with van der Waals surface area (Å²) in [5, 5.41) is 0. The van der Waals surface area contributed by atoms with E-state index in [1.807, 2.05) is 27.7 Å². The molecule has 4 atom stereocenters. The lowest BCUT2D eigenvalue weighted by Crippen LogP contribution is -2.31. The van der Waals surface area contributed by atoms with Crippen molar-refractivity contribution in [2.24, 2.45) is 23.2 Å². The minimum absolute atomic E-state index is 0.157. The Kier molecular flexibility index (Phi) is 4.54. The third kappa shape index (κ3) is 3.50. The number of esters is 1. The van der Waals surface area contributed by atoms with Crippen molar-refractivity contribution in [3.8, 4) is 0 Å². The molecule has 2 aliphatic rings. The summed E-state index contributed by atoms with van der Waals surface area (Å²) < 4.78 is 11.1. The molecule has 3 nitrogen and oxygen atoms in total. The minimum atomic E-state index is -0.419. The molecule has 2 rings (SSSR count). The highest BCUT2D eigenvalue weighted by atomic mass is 16.7. The average molecular weight is 268 g/mol. The molecular weight excluding hydrogens is 240 g/mol. The zero-order chi connectivity index (χ0) is 14.0. The smallest absolute Gasteiger partial charge is 0.313 e. The summed E-state index contributed by atoms with van der Waals surface area (Å²) in [6.45, 7) is 8.41. The van der Waals surface area contributed by atoms with Gasteiger partial charge in [-0.3, -0.25) is 4.79 Å². The summed E-state index contributed by atoms with van der Waals surface area (Å²) in [5.74, 6) is 2.34. The standard InChI is InChI=1S/C16H28O3/c1-5-16(3,4)15(17)19-11(2)18-10-14-9-12-6-7-13(14)8-12/h11-14H,5-10H2,1-4H3. The molecule has 2 saturated carbocycles. The number of hydrogen-bond donors (Lipinski definition) is 0. The fourth-order valence-electron chi connectivity index (χ4n) is 3.33. The van der Waals surface area contributed by atoms with E-state index in [1.165, 1.54) is 25.7 Å². The highest BCUT2D eigenvalue weighted by Gasteiger charge is 2.39. The van der Waals surface area contributed by atoms with Crippen LogP contribution in [0.15, 0.2) is 0 Å². The predicted octanol–water partition coefficient (Wildman–Crippen LogP) is 3.76. The topological polar surface area (TPSA) is 35.5 Å². The summed E-state index contributed by atoms with van der Waals surface area (Å²) >= 11 is 0. The maximum absolute atomic E-state index is 11.9. The van der Waals surface area contributed by atoms with Crippen LogP contribution in [0, 0.1) is 23.2 Å². The van der Waals surface area contributed by atoms with Crippen molar-refractivity contribution in [3.05, 3.63) is 0 Å². The maximum atomic E-state index is 11.9. The Balaban J connectivity index is 1.70. The first kappa shape index (κ1) is 14.8. The van der Waals surface area contributed by atoms with E-state index in [9.17, 15) is 4.79 Å². The second-order valence-corrected chi connectivity index (χ2v) is 6.98. The predicted molar refractivity (Wildman–Crippen MR) is 74.5 cm³/mol. The highest BCUT2D eigenvalue weighted by molar-refractivity contribution is 5.75. The molecule has 0 aromatic carbocycles. The summed E-state index contributed by atoms with van der Waals surface area (Å²) in [6.07, 6.45) is 5.85. The molecule has 0 amide bonds. The Morgan fingerprint density at radius 3 is 2.58 bits per heavy atom. The molecule has 0 heterocycles. The van der Waals surface area contributed by atoms with Crippen LogP contribution in [-0.4, -0.2) is 18.9 Å². The van der Waals surface area contributed by atoms with Gasteiger partial charge in [0.25, 0.3) is 0 Å². The van der Waals surface area contributed by atoms with Gasteiger partial charge in [0, 0.05) is 0 Å². The highest BCUT2D eigenvalue weighted by Crippen LogP contribution is 2.48. The zero-order valence-corrected chi connectivity index (χ0v) is 12.8. The summed E-state index contributed by atoms with van der Waals surface area (Å²) in [4.78, 5) is 11.9. The van der Waals surface area contributed by atoms with Gasteiger partial charge < -0.3 is 9.47 Å². The summed E-state index contributed by atoms with van der Waals surface area (Å²) in [5.41, 5.74) is -0.413. The van der Waals surface area contributed by atoms with Crippen LogP contribution in [0.25, 0.3) is 0 Å². The van der Waals surface area contributed by atoms with Gasteiger partial charge in [0.05, 0.1) is 12.0 Å². The normalized spacial score (nSPS) is 31.5. The molecule has 4 unspecified atom stereocenters. The first-order chi connectivity index (χ1) is 8.92. The number of ether oxygens (including phenoxy) is 2. The molecule has 0 N–H and O–H groups in total. The fourth-order valence-corrected chi connectivity index (χ4v) is 3.33. The molecule has 0 aliphatic heterocycles. The van der Waals surface area contributed by atoms with Gasteiger partial charge in [-0.1, -0.05) is 13.3 Å². The Labute approximate surface area is 117 Å². The van der Waals surface area contributed by atoms with E-state index in [0.29, 0.717) is 5.92 Å².